The van der Waals surface area contributed by atoms with Gasteiger partial charge in [-0.25, -0.2) is 4.79 Å². The summed E-state index contributed by atoms with van der Waals surface area (Å²) in [4.78, 5) is 19.0. The van der Waals surface area contributed by atoms with Crippen LogP contribution in [0.4, 0.5) is 10.5 Å². The first kappa shape index (κ1) is 21.8. The van der Waals surface area contributed by atoms with Crippen molar-refractivity contribution in [1.82, 2.24) is 14.7 Å². The van der Waals surface area contributed by atoms with Crippen molar-refractivity contribution in [3.8, 4) is 11.5 Å². The molecule has 2 rings (SSSR count). The Morgan fingerprint density at radius 1 is 1.19 bits per heavy atom. The topological polar surface area (TPSA) is 57.3 Å². The van der Waals surface area contributed by atoms with E-state index < -0.39 is 0 Å². The molecule has 1 aromatic rings. The lowest BCUT2D eigenvalue weighted by Gasteiger charge is -2.35. The van der Waals surface area contributed by atoms with Crippen molar-refractivity contribution in [2.45, 2.75) is 18.9 Å². The molecule has 0 aromatic heterocycles. The Morgan fingerprint density at radius 2 is 1.78 bits per heavy atom. The third-order valence-corrected chi connectivity index (χ3v) is 5.82. The molecule has 0 saturated carbocycles. The lowest BCUT2D eigenvalue weighted by molar-refractivity contribution is 0.136. The van der Waals surface area contributed by atoms with Gasteiger partial charge in [0.25, 0.3) is 0 Å². The summed E-state index contributed by atoms with van der Waals surface area (Å²) >= 11 is 3.47. The Kier molecular flexibility index (Phi) is 8.19. The van der Waals surface area contributed by atoms with E-state index in [1.54, 1.807) is 31.3 Å². The van der Waals surface area contributed by atoms with E-state index in [-0.39, 0.29) is 6.03 Å². The molecule has 152 valence electrons. The first-order valence-electron chi connectivity index (χ1n) is 9.18. The number of benzene rings is 1. The number of hydrogen-bond acceptors (Lipinski definition) is 5. The fraction of sp³-hybridized carbons (Fsp3) is 0.632. The number of halogens is 1. The largest absolute Gasteiger partial charge is 0.493 e. The number of hydrogen-bond donors (Lipinski definition) is 1. The number of amides is 2. The number of likely N-dealkylation sites (tertiary alicyclic amines) is 1. The molecule has 2 amide bonds. The summed E-state index contributed by atoms with van der Waals surface area (Å²) in [5, 5.41) is 2.92. The van der Waals surface area contributed by atoms with Crippen molar-refractivity contribution in [1.29, 1.82) is 0 Å². The van der Waals surface area contributed by atoms with Crippen LogP contribution in [-0.2, 0) is 0 Å². The summed E-state index contributed by atoms with van der Waals surface area (Å²) in [5.74, 6) is 1.18. The third kappa shape index (κ3) is 5.99. The van der Waals surface area contributed by atoms with E-state index in [9.17, 15) is 4.79 Å². The molecular weight excluding hydrogens is 412 g/mol. The number of piperidine rings is 1. The summed E-state index contributed by atoms with van der Waals surface area (Å²) < 4.78 is 11.3. The van der Waals surface area contributed by atoms with Crippen LogP contribution >= 0.6 is 15.9 Å². The highest BCUT2D eigenvalue weighted by molar-refractivity contribution is 9.10. The molecule has 0 radical (unpaired) electrons. The number of nitrogens with one attached hydrogen (secondary N) is 1. The van der Waals surface area contributed by atoms with Gasteiger partial charge in [0.15, 0.2) is 11.5 Å². The van der Waals surface area contributed by atoms with Crippen molar-refractivity contribution in [2.75, 3.05) is 66.9 Å². The molecule has 1 aliphatic heterocycles. The van der Waals surface area contributed by atoms with Crippen molar-refractivity contribution in [3.05, 3.63) is 16.6 Å². The van der Waals surface area contributed by atoms with E-state index in [1.165, 1.54) is 12.8 Å². The average molecular weight is 443 g/mol. The van der Waals surface area contributed by atoms with E-state index >= 15 is 0 Å². The summed E-state index contributed by atoms with van der Waals surface area (Å²) in [6.07, 6.45) is 2.36. The minimum absolute atomic E-state index is 0.153. The van der Waals surface area contributed by atoms with Gasteiger partial charge in [-0.1, -0.05) is 0 Å². The first-order valence-corrected chi connectivity index (χ1v) is 9.97. The van der Waals surface area contributed by atoms with Crippen LogP contribution in [0.2, 0.25) is 0 Å². The van der Waals surface area contributed by atoms with Crippen LogP contribution in [0.15, 0.2) is 16.6 Å². The number of rotatable bonds is 7. The van der Waals surface area contributed by atoms with E-state index in [4.69, 9.17) is 9.47 Å². The van der Waals surface area contributed by atoms with Gasteiger partial charge in [0.05, 0.1) is 19.9 Å². The smallest absolute Gasteiger partial charge is 0.321 e. The third-order valence-electron chi connectivity index (χ3n) is 5.16. The normalized spacial score (nSPS) is 15.7. The van der Waals surface area contributed by atoms with Crippen LogP contribution in [-0.4, -0.2) is 88.3 Å². The fourth-order valence-corrected chi connectivity index (χ4v) is 3.61. The highest BCUT2D eigenvalue weighted by atomic mass is 79.9. The Hall–Kier alpha value is -1.51. The quantitative estimate of drug-likeness (QED) is 0.703. The highest BCUT2D eigenvalue weighted by Gasteiger charge is 2.21. The molecule has 7 nitrogen and oxygen atoms in total. The maximum Gasteiger partial charge on any atom is 0.321 e. The summed E-state index contributed by atoms with van der Waals surface area (Å²) in [5.41, 5.74) is 0.646. The number of ether oxygens (including phenoxy) is 2. The number of nitrogens with zero attached hydrogens (tertiary/aromatic N) is 3. The van der Waals surface area contributed by atoms with Crippen molar-refractivity contribution < 1.29 is 14.3 Å². The van der Waals surface area contributed by atoms with Gasteiger partial charge >= 0.3 is 6.03 Å². The van der Waals surface area contributed by atoms with Gasteiger partial charge in [0.1, 0.15) is 0 Å². The molecule has 1 saturated heterocycles. The van der Waals surface area contributed by atoms with Gasteiger partial charge in [-0.15, -0.1) is 0 Å². The lowest BCUT2D eigenvalue weighted by atomic mass is 10.0. The Balaban J connectivity index is 1.88. The molecule has 8 heteroatoms. The van der Waals surface area contributed by atoms with Crippen LogP contribution < -0.4 is 14.8 Å². The van der Waals surface area contributed by atoms with Gasteiger partial charge < -0.3 is 29.5 Å². The number of carbonyl (C=O) groups is 1. The van der Waals surface area contributed by atoms with Crippen LogP contribution in [0.5, 0.6) is 11.5 Å². The van der Waals surface area contributed by atoms with Gasteiger partial charge in [-0.2, -0.15) is 0 Å². The van der Waals surface area contributed by atoms with E-state index in [0.29, 0.717) is 29.8 Å². The van der Waals surface area contributed by atoms with Crippen LogP contribution in [0, 0.1) is 0 Å². The van der Waals surface area contributed by atoms with Crippen molar-refractivity contribution >= 4 is 27.6 Å². The van der Waals surface area contributed by atoms with E-state index in [2.05, 4.69) is 45.1 Å². The first-order chi connectivity index (χ1) is 12.8. The summed E-state index contributed by atoms with van der Waals surface area (Å²) in [6.45, 7) is 3.79. The van der Waals surface area contributed by atoms with Crippen LogP contribution in [0.1, 0.15) is 12.8 Å². The second kappa shape index (κ2) is 10.1. The number of methoxy groups -OCH3 is 2. The second-order valence-corrected chi connectivity index (χ2v) is 7.91. The lowest BCUT2D eigenvalue weighted by Crippen LogP contribution is -2.45. The number of likely N-dealkylation sites (N-methyl/N-ethyl adjacent to an activating group) is 2. The SMILES string of the molecule is COc1cc(Br)c(NC(=O)N(C)CCN(C)C2CCN(C)CC2)cc1OC. The van der Waals surface area contributed by atoms with Gasteiger partial charge in [0, 0.05) is 42.8 Å². The molecule has 1 aliphatic rings. The van der Waals surface area contributed by atoms with Gasteiger partial charge in [-0.3, -0.25) is 0 Å². The zero-order chi connectivity index (χ0) is 20.0. The molecule has 1 heterocycles. The minimum Gasteiger partial charge on any atom is -0.493 e. The predicted octanol–water partition coefficient (Wildman–Crippen LogP) is 2.96. The maximum absolute atomic E-state index is 12.5. The van der Waals surface area contributed by atoms with Crippen molar-refractivity contribution in [3.63, 3.8) is 0 Å². The molecule has 1 aromatic carbocycles. The standard InChI is InChI=1S/C19H31BrN4O3/c1-22-8-6-14(7-9-22)23(2)10-11-24(3)19(25)21-16-13-18(27-5)17(26-4)12-15(16)20/h12-14H,6-11H2,1-5H3,(H,21,25). The molecule has 1 N–H and O–H groups in total. The Morgan fingerprint density at radius 3 is 2.37 bits per heavy atom. The molecule has 0 unspecified atom stereocenters. The summed E-state index contributed by atoms with van der Waals surface area (Å²) in [6, 6.07) is 3.97. The Bertz CT molecular complexity index is 636. The predicted molar refractivity (Wildman–Crippen MR) is 112 cm³/mol. The zero-order valence-electron chi connectivity index (χ0n) is 16.9. The molecule has 1 fully saturated rings. The monoisotopic (exact) mass is 442 g/mol. The van der Waals surface area contributed by atoms with Gasteiger partial charge in [0.2, 0.25) is 0 Å². The van der Waals surface area contributed by atoms with Gasteiger partial charge in [-0.05, 0) is 56.0 Å². The number of carbonyl (C=O) groups excluding carboxylic acids is 1. The van der Waals surface area contributed by atoms with Crippen molar-refractivity contribution in [2.24, 2.45) is 0 Å². The Labute approximate surface area is 170 Å². The fourth-order valence-electron chi connectivity index (χ4n) is 3.19. The number of anilines is 1. The highest BCUT2D eigenvalue weighted by Crippen LogP contribution is 2.36. The molecule has 0 atom stereocenters. The second-order valence-electron chi connectivity index (χ2n) is 7.05. The van der Waals surface area contributed by atoms with E-state index in [1.807, 2.05) is 7.05 Å². The molecule has 0 spiro atoms. The maximum atomic E-state index is 12.5. The molecule has 27 heavy (non-hydrogen) atoms. The van der Waals surface area contributed by atoms with E-state index in [0.717, 1.165) is 24.1 Å². The summed E-state index contributed by atoms with van der Waals surface area (Å²) in [7, 11) is 9.28. The average Bonchev–Trinajstić information content (AvgIpc) is 2.67. The van der Waals surface area contributed by atoms with Crippen LogP contribution in [0.25, 0.3) is 0 Å². The molecule has 0 aliphatic carbocycles. The number of urea groups is 1. The van der Waals surface area contributed by atoms with Crippen LogP contribution in [0.3, 0.4) is 0 Å². The zero-order valence-corrected chi connectivity index (χ0v) is 18.5. The molecular formula is C19H31BrN4O3. The minimum atomic E-state index is -0.153. The molecule has 0 bridgehead atoms.